The number of aliphatic hydroxyl groups excluding tert-OH is 1. The van der Waals surface area contributed by atoms with E-state index in [1.54, 1.807) is 0 Å². The SMILES string of the molecule is CC(O)C(NC(=O)c1ccn(C)c(=O)c1)C(=O)O. The number of nitrogens with one attached hydrogen (secondary N) is 1. The molecule has 0 bridgehead atoms. The molecule has 0 radical (unpaired) electrons. The molecule has 0 aromatic carbocycles. The Hall–Kier alpha value is -2.15. The number of amides is 1. The molecule has 0 fully saturated rings. The van der Waals surface area contributed by atoms with E-state index in [1.807, 2.05) is 0 Å². The Labute approximate surface area is 103 Å². The summed E-state index contributed by atoms with van der Waals surface area (Å²) in [6.07, 6.45) is 0.160. The van der Waals surface area contributed by atoms with Crippen molar-refractivity contribution in [3.63, 3.8) is 0 Å². The second kappa shape index (κ2) is 5.46. The fourth-order valence-electron chi connectivity index (χ4n) is 1.30. The third-order valence-electron chi connectivity index (χ3n) is 2.40. The number of aryl methyl sites for hydroxylation is 1. The molecule has 0 saturated carbocycles. The summed E-state index contributed by atoms with van der Waals surface area (Å²) >= 11 is 0. The molecule has 2 unspecified atom stereocenters. The summed E-state index contributed by atoms with van der Waals surface area (Å²) in [6.45, 7) is 1.25. The fraction of sp³-hybridized carbons (Fsp3) is 0.364. The predicted octanol–water partition coefficient (Wildman–Crippen LogP) is -1.05. The van der Waals surface area contributed by atoms with Gasteiger partial charge in [-0.05, 0) is 13.0 Å². The molecule has 0 spiro atoms. The molecule has 1 rings (SSSR count). The summed E-state index contributed by atoms with van der Waals surface area (Å²) in [5.74, 6) is -2.07. The highest BCUT2D eigenvalue weighted by atomic mass is 16.4. The molecule has 98 valence electrons. The van der Waals surface area contributed by atoms with Crippen LogP contribution >= 0.6 is 0 Å². The summed E-state index contributed by atoms with van der Waals surface area (Å²) in [7, 11) is 1.53. The van der Waals surface area contributed by atoms with E-state index in [1.165, 1.54) is 30.8 Å². The zero-order valence-electron chi connectivity index (χ0n) is 9.95. The van der Waals surface area contributed by atoms with Gasteiger partial charge in [-0.15, -0.1) is 0 Å². The number of aliphatic carboxylic acids is 1. The van der Waals surface area contributed by atoms with Gasteiger partial charge in [0, 0.05) is 24.9 Å². The third-order valence-corrected chi connectivity index (χ3v) is 2.40. The van der Waals surface area contributed by atoms with E-state index in [9.17, 15) is 19.5 Å². The molecular formula is C11H14N2O5. The van der Waals surface area contributed by atoms with Crippen molar-refractivity contribution in [2.45, 2.75) is 19.1 Å². The Morgan fingerprint density at radius 1 is 1.44 bits per heavy atom. The van der Waals surface area contributed by atoms with Gasteiger partial charge in [0.15, 0.2) is 6.04 Å². The number of carbonyl (C=O) groups excluding carboxylic acids is 1. The van der Waals surface area contributed by atoms with Crippen molar-refractivity contribution in [2.75, 3.05) is 0 Å². The zero-order valence-corrected chi connectivity index (χ0v) is 9.95. The maximum atomic E-state index is 11.7. The highest BCUT2D eigenvalue weighted by Crippen LogP contribution is 1.99. The first-order valence-electron chi connectivity index (χ1n) is 5.21. The summed E-state index contributed by atoms with van der Waals surface area (Å²) < 4.78 is 1.28. The van der Waals surface area contributed by atoms with Gasteiger partial charge >= 0.3 is 5.97 Å². The smallest absolute Gasteiger partial charge is 0.328 e. The van der Waals surface area contributed by atoms with Crippen LogP contribution in [0.3, 0.4) is 0 Å². The summed E-state index contributed by atoms with van der Waals surface area (Å²) in [5, 5.41) is 20.2. The fourth-order valence-corrected chi connectivity index (χ4v) is 1.30. The molecule has 7 nitrogen and oxygen atoms in total. The highest BCUT2D eigenvalue weighted by molar-refractivity contribution is 5.96. The van der Waals surface area contributed by atoms with Gasteiger partial charge in [-0.1, -0.05) is 0 Å². The molecule has 0 aliphatic rings. The van der Waals surface area contributed by atoms with Crippen LogP contribution in [0.2, 0.25) is 0 Å². The normalized spacial score (nSPS) is 13.7. The molecule has 0 saturated heterocycles. The van der Waals surface area contributed by atoms with Gasteiger partial charge in [0.05, 0.1) is 6.10 Å². The number of hydrogen-bond acceptors (Lipinski definition) is 4. The van der Waals surface area contributed by atoms with E-state index in [2.05, 4.69) is 5.32 Å². The van der Waals surface area contributed by atoms with Crippen LogP contribution in [0.4, 0.5) is 0 Å². The van der Waals surface area contributed by atoms with Gasteiger partial charge < -0.3 is 20.1 Å². The van der Waals surface area contributed by atoms with Crippen LogP contribution in [0, 0.1) is 0 Å². The lowest BCUT2D eigenvalue weighted by molar-refractivity contribution is -0.141. The molecule has 3 N–H and O–H groups in total. The number of rotatable bonds is 4. The molecule has 2 atom stereocenters. The van der Waals surface area contributed by atoms with Crippen LogP contribution in [-0.2, 0) is 11.8 Å². The molecule has 0 aliphatic heterocycles. The van der Waals surface area contributed by atoms with Crippen LogP contribution in [0.1, 0.15) is 17.3 Å². The molecule has 1 heterocycles. The van der Waals surface area contributed by atoms with Gasteiger partial charge in [-0.25, -0.2) is 4.79 Å². The van der Waals surface area contributed by atoms with Crippen molar-refractivity contribution in [1.82, 2.24) is 9.88 Å². The highest BCUT2D eigenvalue weighted by Gasteiger charge is 2.25. The molecule has 1 amide bonds. The van der Waals surface area contributed by atoms with E-state index >= 15 is 0 Å². The Kier molecular flexibility index (Phi) is 4.22. The van der Waals surface area contributed by atoms with Gasteiger partial charge in [0.2, 0.25) is 0 Å². The average molecular weight is 254 g/mol. The Morgan fingerprint density at radius 2 is 2.06 bits per heavy atom. The second-order valence-corrected chi connectivity index (χ2v) is 3.89. The van der Waals surface area contributed by atoms with Crippen molar-refractivity contribution in [1.29, 1.82) is 0 Å². The molecule has 7 heteroatoms. The maximum absolute atomic E-state index is 11.7. The van der Waals surface area contributed by atoms with E-state index in [-0.39, 0.29) is 11.1 Å². The number of carboxylic acids is 1. The summed E-state index contributed by atoms with van der Waals surface area (Å²) in [4.78, 5) is 33.8. The van der Waals surface area contributed by atoms with Crippen LogP contribution in [0.15, 0.2) is 23.1 Å². The topological polar surface area (TPSA) is 109 Å². The van der Waals surface area contributed by atoms with Crippen molar-refractivity contribution in [2.24, 2.45) is 7.05 Å². The molecule has 1 aromatic heterocycles. The first-order chi connectivity index (χ1) is 8.32. The monoisotopic (exact) mass is 254 g/mol. The van der Waals surface area contributed by atoms with Crippen molar-refractivity contribution < 1.29 is 19.8 Å². The molecule has 18 heavy (non-hydrogen) atoms. The van der Waals surface area contributed by atoms with E-state index in [4.69, 9.17) is 5.11 Å². The minimum absolute atomic E-state index is 0.0463. The first kappa shape index (κ1) is 13.9. The Bertz CT molecular complexity index is 520. The minimum atomic E-state index is -1.42. The number of aliphatic hydroxyl groups is 1. The maximum Gasteiger partial charge on any atom is 0.328 e. The largest absolute Gasteiger partial charge is 0.480 e. The third kappa shape index (κ3) is 3.17. The molecule has 1 aromatic rings. The standard InChI is InChI=1S/C11H14N2O5/c1-6(14)9(11(17)18)12-10(16)7-3-4-13(2)8(15)5-7/h3-6,9,14H,1-2H3,(H,12,16)(H,17,18). The zero-order chi connectivity index (χ0) is 13.9. The lowest BCUT2D eigenvalue weighted by Gasteiger charge is -2.16. The van der Waals surface area contributed by atoms with Crippen LogP contribution in [-0.4, -0.2) is 38.8 Å². The number of aromatic nitrogens is 1. The lowest BCUT2D eigenvalue weighted by atomic mass is 10.1. The van der Waals surface area contributed by atoms with Crippen molar-refractivity contribution in [3.05, 3.63) is 34.2 Å². The average Bonchev–Trinajstić information content (AvgIpc) is 2.28. The number of pyridine rings is 1. The minimum Gasteiger partial charge on any atom is -0.480 e. The van der Waals surface area contributed by atoms with E-state index in [0.29, 0.717) is 0 Å². The van der Waals surface area contributed by atoms with E-state index in [0.717, 1.165) is 6.07 Å². The van der Waals surface area contributed by atoms with Crippen LogP contribution in [0.25, 0.3) is 0 Å². The van der Waals surface area contributed by atoms with E-state index < -0.39 is 24.0 Å². The Morgan fingerprint density at radius 3 is 2.50 bits per heavy atom. The van der Waals surface area contributed by atoms with Gasteiger partial charge in [-0.2, -0.15) is 0 Å². The number of carboxylic acid groups (broad SMARTS) is 1. The quantitative estimate of drug-likeness (QED) is 0.635. The van der Waals surface area contributed by atoms with Gasteiger partial charge in [-0.3, -0.25) is 9.59 Å². The predicted molar refractivity (Wildman–Crippen MR) is 62.3 cm³/mol. The first-order valence-corrected chi connectivity index (χ1v) is 5.21. The summed E-state index contributed by atoms with van der Waals surface area (Å²) in [6, 6.07) is 1.06. The number of hydrogen-bond donors (Lipinski definition) is 3. The van der Waals surface area contributed by atoms with Crippen LogP contribution in [0.5, 0.6) is 0 Å². The van der Waals surface area contributed by atoms with Gasteiger partial charge in [0.1, 0.15) is 0 Å². The number of carbonyl (C=O) groups is 2. The lowest BCUT2D eigenvalue weighted by Crippen LogP contribution is -2.47. The molecule has 0 aliphatic carbocycles. The summed E-state index contributed by atoms with van der Waals surface area (Å²) in [5.41, 5.74) is -0.337. The van der Waals surface area contributed by atoms with Crippen LogP contribution < -0.4 is 10.9 Å². The Balaban J connectivity index is 2.91. The van der Waals surface area contributed by atoms with Crippen molar-refractivity contribution >= 4 is 11.9 Å². The van der Waals surface area contributed by atoms with Gasteiger partial charge in [0.25, 0.3) is 11.5 Å². The number of nitrogens with zero attached hydrogens (tertiary/aromatic N) is 1. The van der Waals surface area contributed by atoms with Crippen molar-refractivity contribution in [3.8, 4) is 0 Å². The second-order valence-electron chi connectivity index (χ2n) is 3.89. The molecular weight excluding hydrogens is 240 g/mol.